The molecule has 0 rings (SSSR count). The minimum absolute atomic E-state index is 0.0767. The molecular formula is C11H21NO4. The van der Waals surface area contributed by atoms with Crippen LogP contribution in [0.5, 0.6) is 0 Å². The molecule has 0 radical (unpaired) electrons. The Balaban J connectivity index is 4.42. The number of aliphatic hydroxyl groups is 1. The van der Waals surface area contributed by atoms with Gasteiger partial charge in [0.05, 0.1) is 11.5 Å². The second kappa shape index (κ2) is 5.84. The first-order chi connectivity index (χ1) is 7.20. The monoisotopic (exact) mass is 231 g/mol. The number of carboxylic acids is 1. The van der Waals surface area contributed by atoms with E-state index in [1.165, 1.54) is 0 Å². The van der Waals surface area contributed by atoms with E-state index in [9.17, 15) is 9.59 Å². The molecule has 0 bridgehead atoms. The smallest absolute Gasteiger partial charge is 0.310 e. The fraction of sp³-hybridized carbons (Fsp3) is 0.818. The highest BCUT2D eigenvalue weighted by molar-refractivity contribution is 5.84. The highest BCUT2D eigenvalue weighted by Crippen LogP contribution is 2.31. The normalized spacial score (nSPS) is 16.6. The lowest BCUT2D eigenvalue weighted by molar-refractivity contribution is -0.153. The van der Waals surface area contributed by atoms with Crippen molar-refractivity contribution in [1.82, 2.24) is 5.32 Å². The molecule has 3 N–H and O–H groups in total. The van der Waals surface area contributed by atoms with Crippen molar-refractivity contribution in [3.05, 3.63) is 0 Å². The van der Waals surface area contributed by atoms with Gasteiger partial charge < -0.3 is 15.5 Å². The van der Waals surface area contributed by atoms with Crippen molar-refractivity contribution >= 4 is 11.9 Å². The number of carbonyl (C=O) groups is 2. The van der Waals surface area contributed by atoms with Crippen LogP contribution in [0, 0.1) is 11.3 Å². The number of rotatable bonds is 6. The zero-order valence-corrected chi connectivity index (χ0v) is 10.3. The average molecular weight is 231 g/mol. The van der Waals surface area contributed by atoms with Crippen molar-refractivity contribution < 1.29 is 19.8 Å². The van der Waals surface area contributed by atoms with Gasteiger partial charge in [-0.1, -0.05) is 13.8 Å². The zero-order valence-electron chi connectivity index (χ0n) is 10.3. The Kier molecular flexibility index (Phi) is 5.44. The molecule has 0 aromatic carbocycles. The number of amides is 1. The lowest BCUT2D eigenvalue weighted by Crippen LogP contribution is -2.40. The Morgan fingerprint density at radius 2 is 1.81 bits per heavy atom. The van der Waals surface area contributed by atoms with Crippen molar-refractivity contribution in [2.45, 2.75) is 40.2 Å². The number of hydrogen-bond acceptors (Lipinski definition) is 3. The summed E-state index contributed by atoms with van der Waals surface area (Å²) in [6.07, 6.45) is -0.703. The predicted molar refractivity (Wildman–Crippen MR) is 59.9 cm³/mol. The molecule has 0 saturated heterocycles. The molecule has 94 valence electrons. The van der Waals surface area contributed by atoms with E-state index in [2.05, 4.69) is 5.32 Å². The summed E-state index contributed by atoms with van der Waals surface area (Å²) in [6.45, 7) is 6.81. The molecule has 0 aromatic rings. The number of hydrogen-bond donors (Lipinski definition) is 3. The first-order valence-corrected chi connectivity index (χ1v) is 5.38. The third-order valence-electron chi connectivity index (χ3n) is 2.89. The molecular weight excluding hydrogens is 210 g/mol. The van der Waals surface area contributed by atoms with Crippen LogP contribution in [-0.4, -0.2) is 34.7 Å². The van der Waals surface area contributed by atoms with Crippen molar-refractivity contribution in [3.63, 3.8) is 0 Å². The largest absolute Gasteiger partial charge is 0.481 e. The van der Waals surface area contributed by atoms with Crippen LogP contribution >= 0.6 is 0 Å². The summed E-state index contributed by atoms with van der Waals surface area (Å²) in [4.78, 5) is 22.6. The van der Waals surface area contributed by atoms with Gasteiger partial charge >= 0.3 is 5.97 Å². The van der Waals surface area contributed by atoms with E-state index in [1.807, 2.05) is 0 Å². The third kappa shape index (κ3) is 4.18. The van der Waals surface area contributed by atoms with Crippen molar-refractivity contribution in [1.29, 1.82) is 0 Å². The molecule has 0 aliphatic carbocycles. The maximum atomic E-state index is 11.5. The maximum Gasteiger partial charge on any atom is 0.310 e. The fourth-order valence-electron chi connectivity index (χ4n) is 1.18. The van der Waals surface area contributed by atoms with Gasteiger partial charge in [-0.25, -0.2) is 0 Å². The molecule has 0 heterocycles. The van der Waals surface area contributed by atoms with Gasteiger partial charge in [-0.3, -0.25) is 9.59 Å². The van der Waals surface area contributed by atoms with Crippen LogP contribution in [-0.2, 0) is 9.59 Å². The van der Waals surface area contributed by atoms with Crippen LogP contribution in [0.25, 0.3) is 0 Å². The number of nitrogens with one attached hydrogen (secondary N) is 1. The SMILES string of the molecule is CC(O)CNC(=O)CC(C)(C(=O)O)C(C)C. The van der Waals surface area contributed by atoms with E-state index in [4.69, 9.17) is 10.2 Å². The van der Waals surface area contributed by atoms with Gasteiger partial charge in [0.15, 0.2) is 0 Å². The highest BCUT2D eigenvalue weighted by atomic mass is 16.4. The van der Waals surface area contributed by atoms with E-state index in [1.54, 1.807) is 27.7 Å². The van der Waals surface area contributed by atoms with Gasteiger partial charge in [-0.15, -0.1) is 0 Å². The number of carboxylic acid groups (broad SMARTS) is 1. The lowest BCUT2D eigenvalue weighted by atomic mass is 9.76. The van der Waals surface area contributed by atoms with Crippen molar-refractivity contribution in [2.24, 2.45) is 11.3 Å². The topological polar surface area (TPSA) is 86.6 Å². The van der Waals surface area contributed by atoms with Gasteiger partial charge in [0.1, 0.15) is 0 Å². The maximum absolute atomic E-state index is 11.5. The molecule has 0 aromatic heterocycles. The molecule has 0 aliphatic heterocycles. The van der Waals surface area contributed by atoms with Crippen molar-refractivity contribution in [2.75, 3.05) is 6.54 Å². The van der Waals surface area contributed by atoms with Crippen LogP contribution in [0.1, 0.15) is 34.1 Å². The average Bonchev–Trinajstić information content (AvgIpc) is 2.13. The molecule has 2 unspecified atom stereocenters. The molecule has 5 heteroatoms. The summed E-state index contributed by atoms with van der Waals surface area (Å²) in [7, 11) is 0. The highest BCUT2D eigenvalue weighted by Gasteiger charge is 2.38. The zero-order chi connectivity index (χ0) is 12.9. The second-order valence-corrected chi connectivity index (χ2v) is 4.71. The Morgan fingerprint density at radius 1 is 1.31 bits per heavy atom. The van der Waals surface area contributed by atoms with Gasteiger partial charge in [-0.2, -0.15) is 0 Å². The van der Waals surface area contributed by atoms with E-state index in [-0.39, 0.29) is 24.8 Å². The summed E-state index contributed by atoms with van der Waals surface area (Å²) < 4.78 is 0. The summed E-state index contributed by atoms with van der Waals surface area (Å²) in [6, 6.07) is 0. The quantitative estimate of drug-likeness (QED) is 0.625. The van der Waals surface area contributed by atoms with Gasteiger partial charge in [0.2, 0.25) is 5.91 Å². The minimum Gasteiger partial charge on any atom is -0.481 e. The van der Waals surface area contributed by atoms with E-state index >= 15 is 0 Å². The van der Waals surface area contributed by atoms with E-state index in [0.717, 1.165) is 0 Å². The second-order valence-electron chi connectivity index (χ2n) is 4.71. The molecule has 1 amide bonds. The summed E-state index contributed by atoms with van der Waals surface area (Å²) in [5.74, 6) is -1.46. The van der Waals surface area contributed by atoms with Crippen LogP contribution < -0.4 is 5.32 Å². The standard InChI is InChI=1S/C11H21NO4/c1-7(2)11(4,10(15)16)5-9(14)12-6-8(3)13/h7-8,13H,5-6H2,1-4H3,(H,12,14)(H,15,16). The van der Waals surface area contributed by atoms with Crippen LogP contribution in [0.3, 0.4) is 0 Å². The van der Waals surface area contributed by atoms with Crippen molar-refractivity contribution in [3.8, 4) is 0 Å². The molecule has 0 aliphatic rings. The molecule has 2 atom stereocenters. The number of aliphatic carboxylic acids is 1. The fourth-order valence-corrected chi connectivity index (χ4v) is 1.18. The Labute approximate surface area is 95.9 Å². The van der Waals surface area contributed by atoms with Gasteiger partial charge in [0.25, 0.3) is 0 Å². The Hall–Kier alpha value is -1.10. The minimum atomic E-state index is -1.07. The first-order valence-electron chi connectivity index (χ1n) is 5.38. The molecule has 0 fully saturated rings. The summed E-state index contributed by atoms with van der Waals surface area (Å²) in [5.41, 5.74) is -1.07. The molecule has 0 saturated carbocycles. The number of aliphatic hydroxyl groups excluding tert-OH is 1. The van der Waals surface area contributed by atoms with E-state index < -0.39 is 17.5 Å². The van der Waals surface area contributed by atoms with Crippen LogP contribution in [0.2, 0.25) is 0 Å². The van der Waals surface area contributed by atoms with E-state index in [0.29, 0.717) is 0 Å². The Morgan fingerprint density at radius 3 is 2.12 bits per heavy atom. The predicted octanol–water partition coefficient (Wildman–Crippen LogP) is 0.620. The lowest BCUT2D eigenvalue weighted by Gasteiger charge is -2.28. The summed E-state index contributed by atoms with van der Waals surface area (Å²) >= 11 is 0. The Bertz CT molecular complexity index is 263. The van der Waals surface area contributed by atoms with Gasteiger partial charge in [-0.05, 0) is 19.8 Å². The third-order valence-corrected chi connectivity index (χ3v) is 2.89. The summed E-state index contributed by atoms with van der Waals surface area (Å²) in [5, 5.41) is 20.6. The first kappa shape index (κ1) is 14.9. The molecule has 16 heavy (non-hydrogen) atoms. The van der Waals surface area contributed by atoms with Gasteiger partial charge in [0, 0.05) is 13.0 Å². The molecule has 5 nitrogen and oxygen atoms in total. The molecule has 0 spiro atoms. The van der Waals surface area contributed by atoms with Crippen LogP contribution in [0.4, 0.5) is 0 Å². The number of carbonyl (C=O) groups excluding carboxylic acids is 1. The van der Waals surface area contributed by atoms with Crippen LogP contribution in [0.15, 0.2) is 0 Å².